The number of hydrogen-bond acceptors (Lipinski definition) is 2. The van der Waals surface area contributed by atoms with Gasteiger partial charge < -0.3 is 0 Å². The fraction of sp³-hybridized carbons (Fsp3) is 1.00. The zero-order chi connectivity index (χ0) is 13.3. The van der Waals surface area contributed by atoms with Crippen molar-refractivity contribution >= 4 is 33.0 Å². The van der Waals surface area contributed by atoms with Gasteiger partial charge in [0.15, 0.2) is 9.84 Å². The molecular weight excluding hydrogens is 279 g/mol. The van der Waals surface area contributed by atoms with E-state index in [2.05, 4.69) is 13.8 Å². The fourth-order valence-corrected chi connectivity index (χ4v) is 4.67. The van der Waals surface area contributed by atoms with Gasteiger partial charge in [-0.15, -0.1) is 23.2 Å². The Hall–Kier alpha value is 0.530. The van der Waals surface area contributed by atoms with Crippen LogP contribution in [0.4, 0.5) is 0 Å². The van der Waals surface area contributed by atoms with Crippen LogP contribution in [0.1, 0.15) is 52.4 Å². The average molecular weight is 303 g/mol. The van der Waals surface area contributed by atoms with Gasteiger partial charge in [0.1, 0.15) is 0 Å². The minimum absolute atomic E-state index is 0.0594. The number of rotatable bonds is 10. The predicted octanol–water partition coefficient (Wildman–Crippen LogP) is 4.00. The summed E-state index contributed by atoms with van der Waals surface area (Å²) in [5.41, 5.74) is 0. The van der Waals surface area contributed by atoms with Gasteiger partial charge in [-0.25, -0.2) is 8.42 Å². The summed E-state index contributed by atoms with van der Waals surface area (Å²) in [6.45, 7) is 4.13. The molecule has 0 N–H and O–H groups in total. The van der Waals surface area contributed by atoms with Crippen molar-refractivity contribution < 1.29 is 8.42 Å². The Kier molecular flexibility index (Phi) is 9.75. The van der Waals surface area contributed by atoms with Crippen LogP contribution in [0.5, 0.6) is 0 Å². The first-order valence-corrected chi connectivity index (χ1v) is 9.09. The standard InChI is InChI=1S/C12H24Cl2O2S/c1-3-5-7-11(13)9-17(15,16)10-12(14)8-6-4-2/h11-12H,3-10H2,1-2H3. The third-order valence-electron chi connectivity index (χ3n) is 2.61. The molecule has 0 heterocycles. The van der Waals surface area contributed by atoms with E-state index in [4.69, 9.17) is 23.2 Å². The second-order valence-corrected chi connectivity index (χ2v) is 7.94. The second kappa shape index (κ2) is 9.46. The van der Waals surface area contributed by atoms with Crippen LogP contribution in [0.3, 0.4) is 0 Å². The summed E-state index contributed by atoms with van der Waals surface area (Å²) in [5.74, 6) is 0.119. The molecule has 0 saturated carbocycles. The molecule has 17 heavy (non-hydrogen) atoms. The maximum absolute atomic E-state index is 11.8. The number of alkyl halides is 2. The van der Waals surface area contributed by atoms with Crippen LogP contribution in [0.2, 0.25) is 0 Å². The van der Waals surface area contributed by atoms with Gasteiger partial charge in [-0.05, 0) is 12.8 Å². The van der Waals surface area contributed by atoms with E-state index in [1.807, 2.05) is 0 Å². The van der Waals surface area contributed by atoms with Gasteiger partial charge in [0.05, 0.1) is 11.5 Å². The molecule has 0 saturated heterocycles. The maximum atomic E-state index is 11.8. The van der Waals surface area contributed by atoms with Crippen LogP contribution in [0, 0.1) is 0 Å². The summed E-state index contributed by atoms with van der Waals surface area (Å²) >= 11 is 12.0. The monoisotopic (exact) mass is 302 g/mol. The smallest absolute Gasteiger partial charge is 0.153 e. The number of hydrogen-bond donors (Lipinski definition) is 0. The molecule has 5 heteroatoms. The van der Waals surface area contributed by atoms with Gasteiger partial charge in [-0.3, -0.25) is 0 Å². The Labute approximate surface area is 116 Å². The molecule has 2 nitrogen and oxygen atoms in total. The van der Waals surface area contributed by atoms with E-state index in [0.717, 1.165) is 38.5 Å². The first-order chi connectivity index (χ1) is 7.91. The molecule has 0 aliphatic rings. The zero-order valence-electron chi connectivity index (χ0n) is 10.8. The van der Waals surface area contributed by atoms with Gasteiger partial charge in [-0.1, -0.05) is 39.5 Å². The maximum Gasteiger partial charge on any atom is 0.153 e. The largest absolute Gasteiger partial charge is 0.229 e. The average Bonchev–Trinajstić information content (AvgIpc) is 2.22. The predicted molar refractivity (Wildman–Crippen MR) is 77.0 cm³/mol. The van der Waals surface area contributed by atoms with Crippen LogP contribution in [-0.4, -0.2) is 30.7 Å². The lowest BCUT2D eigenvalue weighted by Crippen LogP contribution is -2.24. The lowest BCUT2D eigenvalue weighted by atomic mass is 10.2. The molecule has 0 radical (unpaired) electrons. The lowest BCUT2D eigenvalue weighted by Gasteiger charge is -2.12. The molecule has 2 atom stereocenters. The lowest BCUT2D eigenvalue weighted by molar-refractivity contribution is 0.584. The van der Waals surface area contributed by atoms with E-state index in [0.29, 0.717) is 0 Å². The molecule has 0 aromatic rings. The summed E-state index contributed by atoms with van der Waals surface area (Å²) in [7, 11) is -3.10. The van der Waals surface area contributed by atoms with Gasteiger partial charge in [0, 0.05) is 10.8 Å². The molecule has 2 unspecified atom stereocenters. The Morgan fingerprint density at radius 3 is 1.53 bits per heavy atom. The summed E-state index contributed by atoms with van der Waals surface area (Å²) in [6.07, 6.45) is 5.56. The molecule has 0 fully saturated rings. The minimum Gasteiger partial charge on any atom is -0.229 e. The minimum atomic E-state index is -3.10. The highest BCUT2D eigenvalue weighted by Gasteiger charge is 2.20. The quantitative estimate of drug-likeness (QED) is 0.572. The van der Waals surface area contributed by atoms with Gasteiger partial charge in [-0.2, -0.15) is 0 Å². The topological polar surface area (TPSA) is 34.1 Å². The molecule has 0 spiro atoms. The van der Waals surface area contributed by atoms with E-state index in [1.54, 1.807) is 0 Å². The van der Waals surface area contributed by atoms with Crippen LogP contribution < -0.4 is 0 Å². The Morgan fingerprint density at radius 1 is 0.882 bits per heavy atom. The first-order valence-electron chi connectivity index (χ1n) is 6.39. The van der Waals surface area contributed by atoms with Crippen LogP contribution in [0.25, 0.3) is 0 Å². The highest BCUT2D eigenvalue weighted by atomic mass is 35.5. The summed E-state index contributed by atoms with van der Waals surface area (Å²) in [4.78, 5) is 0. The van der Waals surface area contributed by atoms with E-state index in [1.165, 1.54) is 0 Å². The van der Waals surface area contributed by atoms with Crippen molar-refractivity contribution in [3.05, 3.63) is 0 Å². The van der Waals surface area contributed by atoms with E-state index < -0.39 is 9.84 Å². The first kappa shape index (κ1) is 17.5. The third-order valence-corrected chi connectivity index (χ3v) is 5.54. The third kappa shape index (κ3) is 10.2. The van der Waals surface area contributed by atoms with Crippen molar-refractivity contribution in [2.75, 3.05) is 11.5 Å². The van der Waals surface area contributed by atoms with Crippen molar-refractivity contribution in [2.24, 2.45) is 0 Å². The Bertz CT molecular complexity index is 256. The van der Waals surface area contributed by atoms with Crippen molar-refractivity contribution in [1.82, 2.24) is 0 Å². The second-order valence-electron chi connectivity index (χ2n) is 4.56. The van der Waals surface area contributed by atoms with Crippen LogP contribution >= 0.6 is 23.2 Å². The van der Waals surface area contributed by atoms with Crippen molar-refractivity contribution in [2.45, 2.75) is 63.1 Å². The van der Waals surface area contributed by atoms with Gasteiger partial charge >= 0.3 is 0 Å². The number of sulfone groups is 1. The highest BCUT2D eigenvalue weighted by molar-refractivity contribution is 7.91. The van der Waals surface area contributed by atoms with E-state index in [9.17, 15) is 8.42 Å². The van der Waals surface area contributed by atoms with Gasteiger partial charge in [0.25, 0.3) is 0 Å². The molecule has 0 aliphatic carbocycles. The summed E-state index contributed by atoms with van der Waals surface area (Å²) < 4.78 is 23.6. The molecule has 0 aromatic heterocycles. The summed E-state index contributed by atoms with van der Waals surface area (Å²) in [6, 6.07) is 0. The van der Waals surface area contributed by atoms with E-state index in [-0.39, 0.29) is 22.3 Å². The van der Waals surface area contributed by atoms with E-state index >= 15 is 0 Å². The van der Waals surface area contributed by atoms with Crippen LogP contribution in [-0.2, 0) is 9.84 Å². The van der Waals surface area contributed by atoms with Crippen molar-refractivity contribution in [3.8, 4) is 0 Å². The highest BCUT2D eigenvalue weighted by Crippen LogP contribution is 2.15. The molecule has 0 amide bonds. The normalized spacial score (nSPS) is 15.8. The molecule has 0 rings (SSSR count). The molecular formula is C12H24Cl2O2S. The van der Waals surface area contributed by atoms with Gasteiger partial charge in [0.2, 0.25) is 0 Å². The number of unbranched alkanes of at least 4 members (excludes halogenated alkanes) is 2. The fourth-order valence-electron chi connectivity index (χ4n) is 1.64. The molecule has 0 aliphatic heterocycles. The Balaban J connectivity index is 4.01. The molecule has 0 bridgehead atoms. The van der Waals surface area contributed by atoms with Crippen LogP contribution in [0.15, 0.2) is 0 Å². The zero-order valence-corrected chi connectivity index (χ0v) is 13.1. The molecule has 104 valence electrons. The number of halogens is 2. The van der Waals surface area contributed by atoms with Crippen molar-refractivity contribution in [3.63, 3.8) is 0 Å². The summed E-state index contributed by atoms with van der Waals surface area (Å²) in [5, 5.41) is -0.537. The van der Waals surface area contributed by atoms with Crippen molar-refractivity contribution in [1.29, 1.82) is 0 Å². The Morgan fingerprint density at radius 2 is 1.24 bits per heavy atom. The SMILES string of the molecule is CCCCC(Cl)CS(=O)(=O)CC(Cl)CCCC. The molecule has 0 aromatic carbocycles.